The van der Waals surface area contributed by atoms with Crippen LogP contribution in [-0.4, -0.2) is 9.52 Å². The van der Waals surface area contributed by atoms with E-state index in [-0.39, 0.29) is 64.4 Å². The second kappa shape index (κ2) is 14.5. The molecule has 0 unspecified atom stereocenters. The van der Waals surface area contributed by atoms with E-state index in [0.29, 0.717) is 0 Å². The van der Waals surface area contributed by atoms with Gasteiger partial charge in [0.2, 0.25) is 0 Å². The largest absolute Gasteiger partial charge is 4.00 e. The van der Waals surface area contributed by atoms with Crippen LogP contribution in [0.1, 0.15) is 76.5 Å². The Kier molecular flexibility index (Phi) is 17.2. The van der Waals surface area contributed by atoms with Crippen LogP contribution in [0, 0.1) is 32.3 Å². The number of unbranched alkanes of at least 4 members (excludes halogenated alkanes) is 2. The Bertz CT molecular complexity index is 650. The normalized spacial score (nSPS) is 13.5. The van der Waals surface area contributed by atoms with Gasteiger partial charge in [-0.3, -0.25) is 6.08 Å². The van der Waals surface area contributed by atoms with Crippen molar-refractivity contribution in [2.45, 2.75) is 80.6 Å². The molecule has 0 heterocycles. The van der Waals surface area contributed by atoms with E-state index in [9.17, 15) is 0 Å². The molecule has 1 aliphatic carbocycles. The van der Waals surface area contributed by atoms with E-state index in [2.05, 4.69) is 66.7 Å². The molecule has 0 N–H and O–H groups in total. The van der Waals surface area contributed by atoms with Crippen molar-refractivity contribution in [2.24, 2.45) is 5.41 Å². The molecule has 156 valence electrons. The van der Waals surface area contributed by atoms with Crippen molar-refractivity contribution in [2.75, 3.05) is 0 Å². The molecule has 0 saturated heterocycles. The van der Waals surface area contributed by atoms with Gasteiger partial charge >= 0.3 is 21.7 Å². The summed E-state index contributed by atoms with van der Waals surface area (Å²) in [6, 6.07) is 4.70. The predicted molar refractivity (Wildman–Crippen MR) is 111 cm³/mol. The second-order valence-corrected chi connectivity index (χ2v) is 10.6. The summed E-state index contributed by atoms with van der Waals surface area (Å²) in [5.74, 6) is 0. The van der Waals surface area contributed by atoms with Crippen molar-refractivity contribution in [3.05, 3.63) is 51.2 Å². The van der Waals surface area contributed by atoms with E-state index in [4.69, 9.17) is 0 Å². The number of rotatable bonds is 6. The van der Waals surface area contributed by atoms with Crippen LogP contribution in [0.2, 0.25) is 0 Å². The zero-order chi connectivity index (χ0) is 17.9. The molecule has 0 atom stereocenters. The predicted octanol–water partition coefficient (Wildman–Crippen LogP) is -3.57. The third kappa shape index (κ3) is 9.11. The molecule has 5 heteroatoms. The third-order valence-electron chi connectivity index (χ3n) is 5.14. The van der Waals surface area contributed by atoms with Gasteiger partial charge in [-0.2, -0.15) is 5.20 Å². The van der Waals surface area contributed by atoms with E-state index >= 15 is 0 Å². The van der Waals surface area contributed by atoms with Crippen molar-refractivity contribution >= 4 is 14.7 Å². The fraction of sp³-hybridized carbons (Fsp3) is 0.565. The molecule has 0 amide bonds. The molecule has 0 fully saturated rings. The first kappa shape index (κ1) is 33.1. The maximum absolute atomic E-state index is 3.88. The number of hydrogen-bond donors (Lipinski definition) is 0. The van der Waals surface area contributed by atoms with Crippen LogP contribution in [0.5, 0.6) is 0 Å². The fourth-order valence-electron chi connectivity index (χ4n) is 3.98. The summed E-state index contributed by atoms with van der Waals surface area (Å²) in [5, 5.41) is 3.27. The second-order valence-electron chi connectivity index (χ2n) is 8.65. The molecule has 0 aromatic heterocycles. The smallest absolute Gasteiger partial charge is 1.00 e. The summed E-state index contributed by atoms with van der Waals surface area (Å²) in [7, 11) is -0.395. The number of allylic oxidation sites excluding steroid dienone is 4. The quantitative estimate of drug-likeness (QED) is 0.219. The first-order valence-electron chi connectivity index (χ1n) is 9.63. The minimum Gasteiger partial charge on any atom is -1.00 e. The van der Waals surface area contributed by atoms with Gasteiger partial charge in [0, 0.05) is 0 Å². The van der Waals surface area contributed by atoms with Gasteiger partial charge in [0.1, 0.15) is 0 Å². The molecule has 1 aliphatic rings. The zero-order valence-corrected chi connectivity index (χ0v) is 23.8. The summed E-state index contributed by atoms with van der Waals surface area (Å²) < 4.78 is 0. The maximum atomic E-state index is 3.88. The maximum Gasteiger partial charge on any atom is 4.00 e. The van der Waals surface area contributed by atoms with E-state index in [0.717, 1.165) is 0 Å². The van der Waals surface area contributed by atoms with Gasteiger partial charge in [0.15, 0.2) is 0 Å². The van der Waals surface area contributed by atoms with Crippen molar-refractivity contribution in [3.8, 4) is 0 Å². The van der Waals surface area contributed by atoms with Crippen molar-refractivity contribution in [1.29, 1.82) is 0 Å². The van der Waals surface area contributed by atoms with Crippen LogP contribution in [0.4, 0.5) is 0 Å². The van der Waals surface area contributed by atoms with Gasteiger partial charge in [-0.15, -0.1) is 0 Å². The molecule has 0 aliphatic heterocycles. The molecular weight excluding hydrogens is 459 g/mol. The standard InChI is InChI=1S/C23H35Si.3ClH.Ti/c1-8-9-10-11-19-14-20(15-21(19)23(5,6)7)24-22-17(3)12-16(2)13-18(22)4;;;;/h12-13H,8-11,14,24H2,1-7H3;3*1H;/q-1;;;;+4/p-3. The Labute approximate surface area is 209 Å². The molecule has 28 heavy (non-hydrogen) atoms. The van der Waals surface area contributed by atoms with E-state index in [1.807, 2.05) is 0 Å². The topological polar surface area (TPSA) is 0 Å². The Hall–Kier alpha value is 0.501. The average Bonchev–Trinajstić information content (AvgIpc) is 2.86. The van der Waals surface area contributed by atoms with Crippen LogP contribution in [0.15, 0.2) is 28.5 Å². The molecule has 0 saturated carbocycles. The van der Waals surface area contributed by atoms with E-state index in [1.165, 1.54) is 54.4 Å². The number of halogens is 3. The fourth-order valence-corrected chi connectivity index (χ4v) is 5.86. The number of aryl methyl sites for hydroxylation is 3. The van der Waals surface area contributed by atoms with Gasteiger partial charge in [-0.25, -0.2) is 11.1 Å². The first-order chi connectivity index (χ1) is 11.2. The van der Waals surface area contributed by atoms with Gasteiger partial charge in [0.05, 0.1) is 9.52 Å². The summed E-state index contributed by atoms with van der Waals surface area (Å²) in [5.41, 5.74) is 7.80. The minimum atomic E-state index is -0.395. The molecule has 0 radical (unpaired) electrons. The number of benzene rings is 1. The molecule has 1 aromatic rings. The average molecular weight is 494 g/mol. The Morgan fingerprint density at radius 1 is 0.964 bits per heavy atom. The molecule has 0 spiro atoms. The summed E-state index contributed by atoms with van der Waals surface area (Å²) in [4.78, 5) is 0. The van der Waals surface area contributed by atoms with Gasteiger partial charge < -0.3 is 37.2 Å². The van der Waals surface area contributed by atoms with Gasteiger partial charge in [0.25, 0.3) is 0 Å². The Balaban J connectivity index is -0.00000156. The van der Waals surface area contributed by atoms with Crippen molar-refractivity contribution < 1.29 is 58.9 Å². The van der Waals surface area contributed by atoms with Crippen LogP contribution >= 0.6 is 0 Å². The van der Waals surface area contributed by atoms with Crippen LogP contribution in [0.3, 0.4) is 0 Å². The summed E-state index contributed by atoms with van der Waals surface area (Å²) in [6.07, 6.45) is 10.4. The van der Waals surface area contributed by atoms with Crippen LogP contribution < -0.4 is 42.4 Å². The van der Waals surface area contributed by atoms with Crippen molar-refractivity contribution in [1.82, 2.24) is 0 Å². The molecule has 2 rings (SSSR count). The number of hydrogen-bond acceptors (Lipinski definition) is 0. The molecule has 1 aromatic carbocycles. The van der Waals surface area contributed by atoms with Gasteiger partial charge in [-0.05, 0) is 26.2 Å². The van der Waals surface area contributed by atoms with Crippen LogP contribution in [-0.2, 0) is 21.7 Å². The van der Waals surface area contributed by atoms with Gasteiger partial charge in [-0.1, -0.05) is 93.8 Å². The minimum absolute atomic E-state index is 0. The SMILES string of the molecule is CCCCCC1=C(C(C)(C)C)[C-]=C([SiH2]c2c(C)cc(C)cc2C)C1.[Cl-].[Cl-].[Cl-].[Ti+4]. The van der Waals surface area contributed by atoms with Crippen LogP contribution in [0.25, 0.3) is 0 Å². The third-order valence-corrected chi connectivity index (χ3v) is 7.47. The molecular formula is C23H35Cl3SiTi. The first-order valence-corrected chi connectivity index (χ1v) is 11.0. The van der Waals surface area contributed by atoms with E-state index in [1.54, 1.807) is 16.0 Å². The summed E-state index contributed by atoms with van der Waals surface area (Å²) in [6.45, 7) is 16.1. The Morgan fingerprint density at radius 2 is 1.50 bits per heavy atom. The monoisotopic (exact) mass is 492 g/mol. The Morgan fingerprint density at radius 3 is 1.96 bits per heavy atom. The van der Waals surface area contributed by atoms with E-state index < -0.39 is 9.52 Å². The molecule has 0 nitrogen and oxygen atoms in total. The zero-order valence-electron chi connectivity index (χ0n) is 18.5. The summed E-state index contributed by atoms with van der Waals surface area (Å²) >= 11 is 0. The molecule has 0 bridgehead atoms. The van der Waals surface area contributed by atoms with Crippen molar-refractivity contribution in [3.63, 3.8) is 0 Å².